The lowest BCUT2D eigenvalue weighted by molar-refractivity contribution is 0.0950. The number of phenolic OH excluding ortho intramolecular Hbond substituents is 1. The van der Waals surface area contributed by atoms with Crippen molar-refractivity contribution in [3.8, 4) is 11.5 Å². The van der Waals surface area contributed by atoms with Crippen LogP contribution in [0.1, 0.15) is 22.8 Å². The van der Waals surface area contributed by atoms with Crippen molar-refractivity contribution in [2.24, 2.45) is 0 Å². The third-order valence-corrected chi connectivity index (χ3v) is 3.64. The second-order valence-corrected chi connectivity index (χ2v) is 5.33. The lowest BCUT2D eigenvalue weighted by atomic mass is 10.1. The molecule has 0 aliphatic heterocycles. The predicted molar refractivity (Wildman–Crippen MR) is 86.9 cm³/mol. The van der Waals surface area contributed by atoms with Gasteiger partial charge in [0.2, 0.25) is 0 Å². The van der Waals surface area contributed by atoms with E-state index in [-0.39, 0.29) is 22.4 Å². The first-order valence-electron chi connectivity index (χ1n) is 6.69. The summed E-state index contributed by atoms with van der Waals surface area (Å²) in [4.78, 5) is 12.2. The van der Waals surface area contributed by atoms with Crippen LogP contribution in [0.5, 0.6) is 11.5 Å². The maximum absolute atomic E-state index is 12.2. The van der Waals surface area contributed by atoms with Gasteiger partial charge in [0.05, 0.1) is 11.6 Å². The molecule has 2 aromatic rings. The van der Waals surface area contributed by atoms with Crippen molar-refractivity contribution in [2.75, 3.05) is 6.61 Å². The topological polar surface area (TPSA) is 58.6 Å². The molecule has 1 amide bonds. The summed E-state index contributed by atoms with van der Waals surface area (Å²) < 4.78 is 5.25. The summed E-state index contributed by atoms with van der Waals surface area (Å²) in [5, 5.41) is 13.2. The molecule has 0 saturated heterocycles. The number of nitrogens with one attached hydrogen (secondary N) is 1. The van der Waals surface area contributed by atoms with Gasteiger partial charge >= 0.3 is 0 Å². The van der Waals surface area contributed by atoms with Crippen LogP contribution in [-0.2, 0) is 6.54 Å². The highest BCUT2D eigenvalue weighted by Crippen LogP contribution is 2.35. The Morgan fingerprint density at radius 1 is 1.23 bits per heavy atom. The molecule has 22 heavy (non-hydrogen) atoms. The summed E-state index contributed by atoms with van der Waals surface area (Å²) in [5.74, 6) is -0.327. The van der Waals surface area contributed by atoms with Crippen LogP contribution in [0.4, 0.5) is 0 Å². The van der Waals surface area contributed by atoms with E-state index in [2.05, 4.69) is 5.32 Å². The summed E-state index contributed by atoms with van der Waals surface area (Å²) >= 11 is 12.0. The van der Waals surface area contributed by atoms with Crippen LogP contribution in [0.25, 0.3) is 0 Å². The van der Waals surface area contributed by atoms with Crippen molar-refractivity contribution in [3.05, 3.63) is 57.6 Å². The van der Waals surface area contributed by atoms with Gasteiger partial charge in [-0.05, 0) is 30.7 Å². The van der Waals surface area contributed by atoms with E-state index in [1.807, 2.05) is 18.2 Å². The molecule has 0 aromatic heterocycles. The molecule has 0 atom stereocenters. The van der Waals surface area contributed by atoms with E-state index in [0.29, 0.717) is 23.7 Å². The van der Waals surface area contributed by atoms with Gasteiger partial charge in [0.25, 0.3) is 5.91 Å². The van der Waals surface area contributed by atoms with Crippen molar-refractivity contribution in [1.29, 1.82) is 0 Å². The predicted octanol–water partition coefficient (Wildman–Crippen LogP) is 4.03. The molecular formula is C16H15Cl2NO3. The summed E-state index contributed by atoms with van der Waals surface area (Å²) in [6.07, 6.45) is 0. The van der Waals surface area contributed by atoms with Crippen LogP contribution < -0.4 is 10.1 Å². The zero-order valence-electron chi connectivity index (χ0n) is 11.9. The maximum atomic E-state index is 12.2. The number of ether oxygens (including phenoxy) is 1. The Morgan fingerprint density at radius 3 is 2.64 bits per heavy atom. The van der Waals surface area contributed by atoms with Crippen LogP contribution in [0.15, 0.2) is 36.4 Å². The lowest BCUT2D eigenvalue weighted by Crippen LogP contribution is -2.23. The normalized spacial score (nSPS) is 10.3. The third kappa shape index (κ3) is 3.84. The summed E-state index contributed by atoms with van der Waals surface area (Å²) in [7, 11) is 0. The number of hydrogen-bond donors (Lipinski definition) is 2. The third-order valence-electron chi connectivity index (χ3n) is 2.99. The molecule has 0 radical (unpaired) electrons. The molecule has 2 aromatic carbocycles. The Morgan fingerprint density at radius 2 is 1.95 bits per heavy atom. The standard InChI is InChI=1S/C16H15Cl2NO3/c1-2-22-14-8-11(7-13(18)15(14)20)16(21)19-9-10-5-3-4-6-12(10)17/h3-8,20H,2,9H2,1H3,(H,19,21). The van der Waals surface area contributed by atoms with Crippen LogP contribution in [0, 0.1) is 0 Å². The van der Waals surface area contributed by atoms with Crippen molar-refractivity contribution < 1.29 is 14.6 Å². The van der Waals surface area contributed by atoms with Gasteiger partial charge < -0.3 is 15.2 Å². The van der Waals surface area contributed by atoms with Crippen LogP contribution in [0.3, 0.4) is 0 Å². The average Bonchev–Trinajstić information content (AvgIpc) is 2.50. The highest BCUT2D eigenvalue weighted by Gasteiger charge is 2.14. The van der Waals surface area contributed by atoms with Crippen molar-refractivity contribution in [2.45, 2.75) is 13.5 Å². The van der Waals surface area contributed by atoms with E-state index in [4.69, 9.17) is 27.9 Å². The van der Waals surface area contributed by atoms with Gasteiger partial charge in [0.1, 0.15) is 0 Å². The van der Waals surface area contributed by atoms with Gasteiger partial charge in [-0.2, -0.15) is 0 Å². The Hall–Kier alpha value is -1.91. The van der Waals surface area contributed by atoms with E-state index >= 15 is 0 Å². The molecule has 0 saturated carbocycles. The lowest BCUT2D eigenvalue weighted by Gasteiger charge is -2.11. The molecular weight excluding hydrogens is 325 g/mol. The van der Waals surface area contributed by atoms with Gasteiger partial charge in [-0.25, -0.2) is 0 Å². The summed E-state index contributed by atoms with van der Waals surface area (Å²) in [6.45, 7) is 2.42. The number of rotatable bonds is 5. The number of benzene rings is 2. The number of carbonyl (C=O) groups excluding carboxylic acids is 1. The van der Waals surface area contributed by atoms with Crippen LogP contribution in [0.2, 0.25) is 10.0 Å². The van der Waals surface area contributed by atoms with E-state index < -0.39 is 0 Å². The summed E-state index contributed by atoms with van der Waals surface area (Å²) in [6, 6.07) is 10.1. The van der Waals surface area contributed by atoms with Gasteiger partial charge in [-0.3, -0.25) is 4.79 Å². The van der Waals surface area contributed by atoms with E-state index in [9.17, 15) is 9.90 Å². The Bertz CT molecular complexity index is 689. The number of phenols is 1. The highest BCUT2D eigenvalue weighted by atomic mass is 35.5. The zero-order valence-corrected chi connectivity index (χ0v) is 13.4. The minimum Gasteiger partial charge on any atom is -0.503 e. The fraction of sp³-hybridized carbons (Fsp3) is 0.188. The first-order chi connectivity index (χ1) is 10.5. The summed E-state index contributed by atoms with van der Waals surface area (Å²) in [5.41, 5.74) is 1.12. The van der Waals surface area contributed by atoms with Gasteiger partial charge in [-0.15, -0.1) is 0 Å². The largest absolute Gasteiger partial charge is 0.503 e. The molecule has 0 unspecified atom stereocenters. The molecule has 6 heteroatoms. The Balaban J connectivity index is 2.14. The molecule has 0 aliphatic rings. The molecule has 2 rings (SSSR count). The smallest absolute Gasteiger partial charge is 0.251 e. The second-order valence-electron chi connectivity index (χ2n) is 4.51. The quantitative estimate of drug-likeness (QED) is 0.864. The minimum atomic E-state index is -0.331. The van der Waals surface area contributed by atoms with Crippen LogP contribution >= 0.6 is 23.2 Å². The molecule has 0 spiro atoms. The van der Waals surface area contributed by atoms with Gasteiger partial charge in [0, 0.05) is 17.1 Å². The monoisotopic (exact) mass is 339 g/mol. The van der Waals surface area contributed by atoms with E-state index in [0.717, 1.165) is 5.56 Å². The highest BCUT2D eigenvalue weighted by molar-refractivity contribution is 6.32. The molecule has 4 nitrogen and oxygen atoms in total. The van der Waals surface area contributed by atoms with E-state index in [1.54, 1.807) is 13.0 Å². The van der Waals surface area contributed by atoms with Crippen molar-refractivity contribution in [3.63, 3.8) is 0 Å². The Kier molecular flexibility index (Phi) is 5.52. The number of hydrogen-bond acceptors (Lipinski definition) is 3. The minimum absolute atomic E-state index is 0.0637. The van der Waals surface area contributed by atoms with E-state index in [1.165, 1.54) is 12.1 Å². The fourth-order valence-electron chi connectivity index (χ4n) is 1.89. The van der Waals surface area contributed by atoms with Gasteiger partial charge in [-0.1, -0.05) is 41.4 Å². The first-order valence-corrected chi connectivity index (χ1v) is 7.45. The molecule has 116 valence electrons. The number of carbonyl (C=O) groups is 1. The second kappa shape index (κ2) is 7.38. The van der Waals surface area contributed by atoms with Crippen molar-refractivity contribution in [1.82, 2.24) is 5.32 Å². The number of amides is 1. The fourth-order valence-corrected chi connectivity index (χ4v) is 2.30. The van der Waals surface area contributed by atoms with Crippen LogP contribution in [-0.4, -0.2) is 17.6 Å². The Labute approximate surface area is 138 Å². The molecule has 0 bridgehead atoms. The maximum Gasteiger partial charge on any atom is 0.251 e. The number of aromatic hydroxyl groups is 1. The van der Waals surface area contributed by atoms with Gasteiger partial charge in [0.15, 0.2) is 11.5 Å². The molecule has 0 fully saturated rings. The SMILES string of the molecule is CCOc1cc(C(=O)NCc2ccccc2Cl)cc(Cl)c1O. The molecule has 2 N–H and O–H groups in total. The number of halogens is 2. The zero-order chi connectivity index (χ0) is 16.1. The molecule has 0 aliphatic carbocycles. The first kappa shape index (κ1) is 16.5. The van der Waals surface area contributed by atoms with Crippen molar-refractivity contribution >= 4 is 29.1 Å². The average molecular weight is 340 g/mol. The molecule has 0 heterocycles.